The summed E-state index contributed by atoms with van der Waals surface area (Å²) in [6, 6.07) is 2.00. The van der Waals surface area contributed by atoms with E-state index in [1.807, 2.05) is 0 Å². The summed E-state index contributed by atoms with van der Waals surface area (Å²) < 4.78 is 13.1. The first-order valence-electron chi connectivity index (χ1n) is 7.76. The van der Waals surface area contributed by atoms with Crippen molar-refractivity contribution in [3.05, 3.63) is 29.0 Å². The van der Waals surface area contributed by atoms with Crippen LogP contribution in [0.1, 0.15) is 32.6 Å². The second-order valence-electron chi connectivity index (χ2n) is 6.18. The van der Waals surface area contributed by atoms with Gasteiger partial charge in [-0.2, -0.15) is 0 Å². The molecular weight excluding hydrogens is 337 g/mol. The van der Waals surface area contributed by atoms with Gasteiger partial charge in [0.2, 0.25) is 5.91 Å². The average molecular weight is 354 g/mol. The molecule has 3 rings (SSSR count). The van der Waals surface area contributed by atoms with E-state index in [1.165, 1.54) is 13.0 Å². The van der Waals surface area contributed by atoms with Crippen molar-refractivity contribution in [2.24, 2.45) is 0 Å². The molecule has 1 aliphatic heterocycles. The van der Waals surface area contributed by atoms with Gasteiger partial charge in [-0.1, -0.05) is 24.4 Å². The number of hydrogen-bond donors (Lipinski definition) is 2. The number of carbonyl (C=O) groups is 3. The Balaban J connectivity index is 1.76. The van der Waals surface area contributed by atoms with E-state index < -0.39 is 29.3 Å². The fraction of sp³-hybridized carbons (Fsp3) is 0.438. The zero-order chi connectivity index (χ0) is 17.5. The summed E-state index contributed by atoms with van der Waals surface area (Å²) >= 11 is 5.88. The Bertz CT molecular complexity index is 719. The lowest BCUT2D eigenvalue weighted by molar-refractivity contribution is -0.136. The summed E-state index contributed by atoms with van der Waals surface area (Å²) in [6.07, 6.45) is 2.91. The number of imide groups is 1. The van der Waals surface area contributed by atoms with Crippen molar-refractivity contribution in [3.63, 3.8) is 0 Å². The second kappa shape index (κ2) is 6.05. The second-order valence-corrected chi connectivity index (χ2v) is 6.59. The van der Waals surface area contributed by atoms with Crippen LogP contribution in [-0.2, 0) is 9.59 Å². The predicted octanol–water partition coefficient (Wildman–Crippen LogP) is 2.67. The standard InChI is InChI=1S/C16H17ClFN3O3/c1-9(13(22)19-12-5-4-10(18)8-11(12)17)21-14(23)16(20-15(21)24)6-2-3-7-16/h4-5,8-9H,2-3,6-7H2,1H3,(H,19,22)(H,20,24). The van der Waals surface area contributed by atoms with Crippen LogP contribution in [0.25, 0.3) is 0 Å². The van der Waals surface area contributed by atoms with Crippen molar-refractivity contribution in [2.75, 3.05) is 5.32 Å². The molecule has 0 aromatic heterocycles. The summed E-state index contributed by atoms with van der Waals surface area (Å²) in [5, 5.41) is 5.29. The topological polar surface area (TPSA) is 78.5 Å². The molecule has 8 heteroatoms. The Morgan fingerprint density at radius 1 is 1.38 bits per heavy atom. The van der Waals surface area contributed by atoms with Crippen LogP contribution < -0.4 is 10.6 Å². The largest absolute Gasteiger partial charge is 0.325 e. The maximum atomic E-state index is 13.1. The molecule has 1 saturated carbocycles. The van der Waals surface area contributed by atoms with Crippen molar-refractivity contribution in [2.45, 2.75) is 44.2 Å². The van der Waals surface area contributed by atoms with Gasteiger partial charge in [-0.15, -0.1) is 0 Å². The average Bonchev–Trinajstić information content (AvgIpc) is 3.08. The van der Waals surface area contributed by atoms with Crippen LogP contribution in [0.4, 0.5) is 14.9 Å². The molecule has 4 amide bonds. The number of nitrogens with one attached hydrogen (secondary N) is 2. The Morgan fingerprint density at radius 3 is 2.67 bits per heavy atom. The summed E-state index contributed by atoms with van der Waals surface area (Å²) in [4.78, 5) is 38.2. The van der Waals surface area contributed by atoms with Crippen molar-refractivity contribution in [1.29, 1.82) is 0 Å². The monoisotopic (exact) mass is 353 g/mol. The molecule has 6 nitrogen and oxygen atoms in total. The third-order valence-electron chi connectivity index (χ3n) is 4.61. The van der Waals surface area contributed by atoms with E-state index in [0.717, 1.165) is 29.9 Å². The highest BCUT2D eigenvalue weighted by molar-refractivity contribution is 6.33. The van der Waals surface area contributed by atoms with E-state index in [9.17, 15) is 18.8 Å². The number of rotatable bonds is 3. The molecule has 2 aliphatic rings. The Labute approximate surface area is 143 Å². The first kappa shape index (κ1) is 16.7. The third-order valence-corrected chi connectivity index (χ3v) is 4.92. The first-order valence-corrected chi connectivity index (χ1v) is 8.13. The quantitative estimate of drug-likeness (QED) is 0.820. The van der Waals surface area contributed by atoms with E-state index in [1.54, 1.807) is 0 Å². The number of amides is 4. The molecule has 0 bridgehead atoms. The van der Waals surface area contributed by atoms with Crippen LogP contribution in [0.5, 0.6) is 0 Å². The number of carbonyl (C=O) groups excluding carboxylic acids is 3. The van der Waals surface area contributed by atoms with Crippen LogP contribution >= 0.6 is 11.6 Å². The molecule has 1 atom stereocenters. The van der Waals surface area contributed by atoms with Gasteiger partial charge in [-0.05, 0) is 38.0 Å². The minimum atomic E-state index is -1.00. The lowest BCUT2D eigenvalue weighted by Gasteiger charge is -2.23. The summed E-state index contributed by atoms with van der Waals surface area (Å²) in [7, 11) is 0. The van der Waals surface area contributed by atoms with Gasteiger partial charge in [0.15, 0.2) is 0 Å². The lowest BCUT2D eigenvalue weighted by atomic mass is 9.97. The van der Waals surface area contributed by atoms with Gasteiger partial charge in [-0.3, -0.25) is 9.59 Å². The van der Waals surface area contributed by atoms with Gasteiger partial charge in [0, 0.05) is 0 Å². The molecular formula is C16H17ClFN3O3. The van der Waals surface area contributed by atoms with Crippen LogP contribution in [-0.4, -0.2) is 34.3 Å². The maximum Gasteiger partial charge on any atom is 0.325 e. The normalized spacial score (nSPS) is 20.4. The number of hydrogen-bond acceptors (Lipinski definition) is 3. The van der Waals surface area contributed by atoms with Gasteiger partial charge < -0.3 is 10.6 Å². The molecule has 24 heavy (non-hydrogen) atoms. The maximum absolute atomic E-state index is 13.1. The zero-order valence-electron chi connectivity index (χ0n) is 13.1. The Morgan fingerprint density at radius 2 is 2.04 bits per heavy atom. The van der Waals surface area contributed by atoms with Crippen LogP contribution in [0.3, 0.4) is 0 Å². The predicted molar refractivity (Wildman–Crippen MR) is 86.1 cm³/mol. The molecule has 128 valence electrons. The van der Waals surface area contributed by atoms with Gasteiger partial charge in [0.1, 0.15) is 17.4 Å². The molecule has 1 heterocycles. The Kier molecular flexibility index (Phi) is 4.21. The zero-order valence-corrected chi connectivity index (χ0v) is 13.8. The SMILES string of the molecule is CC(C(=O)Nc1ccc(F)cc1Cl)N1C(=O)NC2(CCCC2)C1=O. The Hall–Kier alpha value is -2.15. The van der Waals surface area contributed by atoms with Crippen molar-refractivity contribution in [1.82, 2.24) is 10.2 Å². The van der Waals surface area contributed by atoms with Gasteiger partial charge in [0.25, 0.3) is 5.91 Å². The fourth-order valence-electron chi connectivity index (χ4n) is 3.26. The van der Waals surface area contributed by atoms with Gasteiger partial charge >= 0.3 is 6.03 Å². The minimum absolute atomic E-state index is 0.0417. The summed E-state index contributed by atoms with van der Waals surface area (Å²) in [5.41, 5.74) is -0.642. The third kappa shape index (κ3) is 2.73. The van der Waals surface area contributed by atoms with Crippen LogP contribution in [0.15, 0.2) is 18.2 Å². The molecule has 1 saturated heterocycles. The van der Waals surface area contributed by atoms with E-state index in [-0.39, 0.29) is 16.6 Å². The number of benzene rings is 1. The highest BCUT2D eigenvalue weighted by Gasteiger charge is 2.54. The molecule has 1 aliphatic carbocycles. The van der Waals surface area contributed by atoms with Crippen LogP contribution in [0, 0.1) is 5.82 Å². The molecule has 0 radical (unpaired) electrons. The molecule has 2 fully saturated rings. The lowest BCUT2D eigenvalue weighted by Crippen LogP contribution is -2.48. The molecule has 2 N–H and O–H groups in total. The van der Waals surface area contributed by atoms with Crippen LogP contribution in [0.2, 0.25) is 5.02 Å². The minimum Gasteiger partial charge on any atom is -0.323 e. The molecule has 1 aromatic rings. The number of urea groups is 1. The van der Waals surface area contributed by atoms with Crippen molar-refractivity contribution < 1.29 is 18.8 Å². The van der Waals surface area contributed by atoms with E-state index in [0.29, 0.717) is 12.8 Å². The first-order chi connectivity index (χ1) is 11.3. The fourth-order valence-corrected chi connectivity index (χ4v) is 3.47. The van der Waals surface area contributed by atoms with Crippen molar-refractivity contribution in [3.8, 4) is 0 Å². The van der Waals surface area contributed by atoms with Gasteiger partial charge in [-0.25, -0.2) is 14.1 Å². The molecule has 1 aromatic carbocycles. The molecule has 1 unspecified atom stereocenters. The van der Waals surface area contributed by atoms with Crippen molar-refractivity contribution >= 4 is 35.1 Å². The number of nitrogens with zero attached hydrogens (tertiary/aromatic N) is 1. The van der Waals surface area contributed by atoms with Gasteiger partial charge in [0.05, 0.1) is 10.7 Å². The van der Waals surface area contributed by atoms with E-state index in [4.69, 9.17) is 11.6 Å². The van der Waals surface area contributed by atoms with E-state index >= 15 is 0 Å². The highest BCUT2D eigenvalue weighted by Crippen LogP contribution is 2.36. The summed E-state index contributed by atoms with van der Waals surface area (Å²) in [6.45, 7) is 1.47. The number of anilines is 1. The number of halogens is 2. The van der Waals surface area contributed by atoms with E-state index in [2.05, 4.69) is 10.6 Å². The smallest absolute Gasteiger partial charge is 0.323 e. The summed E-state index contributed by atoms with van der Waals surface area (Å²) in [5.74, 6) is -1.46. The molecule has 1 spiro atoms. The highest BCUT2D eigenvalue weighted by atomic mass is 35.5.